The number of benzene rings is 1. The van der Waals surface area contributed by atoms with Crippen molar-refractivity contribution in [2.24, 2.45) is 0 Å². The lowest BCUT2D eigenvalue weighted by Gasteiger charge is -2.50. The molecule has 0 aromatic heterocycles. The monoisotopic (exact) mass is 541 g/mol. The Kier molecular flexibility index (Phi) is 9.13. The van der Waals surface area contributed by atoms with Gasteiger partial charge in [-0.05, 0) is 24.3 Å². The van der Waals surface area contributed by atoms with Crippen molar-refractivity contribution < 1.29 is 72.4 Å². The Bertz CT molecular complexity index is 956. The largest absolute Gasteiger partial charge is 0.748 e. The minimum absolute atomic E-state index is 0.220. The van der Waals surface area contributed by atoms with Crippen LogP contribution >= 0.6 is 0 Å². The fraction of sp³-hybridized carbons (Fsp3) is 0.700. The number of ether oxygens (including phenoxy) is 5. The van der Waals surface area contributed by atoms with Gasteiger partial charge >= 0.3 is 0 Å². The molecular formula is C20H29O15S-. The third-order valence-corrected chi connectivity index (χ3v) is 6.77. The van der Waals surface area contributed by atoms with Crippen LogP contribution in [0.3, 0.4) is 0 Å². The molecule has 10 atom stereocenters. The molecule has 2 fully saturated rings. The molecule has 0 spiro atoms. The van der Waals surface area contributed by atoms with Crippen molar-refractivity contribution in [2.45, 2.75) is 60.9 Å². The van der Waals surface area contributed by atoms with Crippen molar-refractivity contribution in [3.05, 3.63) is 24.3 Å². The van der Waals surface area contributed by atoms with E-state index in [1.807, 2.05) is 0 Å². The first-order chi connectivity index (χ1) is 16.8. The summed E-state index contributed by atoms with van der Waals surface area (Å²) in [6, 6.07) is 6.12. The molecule has 36 heavy (non-hydrogen) atoms. The summed E-state index contributed by atoms with van der Waals surface area (Å²) in [6.45, 7) is -1.78. The third kappa shape index (κ3) is 6.07. The smallest absolute Gasteiger partial charge is 0.229 e. The van der Waals surface area contributed by atoms with Gasteiger partial charge in [0.15, 0.2) is 6.29 Å². The van der Waals surface area contributed by atoms with E-state index >= 15 is 0 Å². The van der Waals surface area contributed by atoms with Crippen LogP contribution in [0.5, 0.6) is 11.5 Å². The molecule has 0 amide bonds. The lowest BCUT2D eigenvalue weighted by molar-refractivity contribution is -0.365. The van der Waals surface area contributed by atoms with Gasteiger partial charge in [-0.25, -0.2) is 8.42 Å². The third-order valence-electron chi connectivity index (χ3n) is 5.95. The fourth-order valence-electron chi connectivity index (χ4n) is 4.02. The molecule has 2 heterocycles. The van der Waals surface area contributed by atoms with Crippen molar-refractivity contribution in [1.82, 2.24) is 0 Å². The van der Waals surface area contributed by atoms with Crippen molar-refractivity contribution in [2.75, 3.05) is 26.1 Å². The Morgan fingerprint density at radius 1 is 0.917 bits per heavy atom. The lowest BCUT2D eigenvalue weighted by atomic mass is 9.85. The van der Waals surface area contributed by atoms with Crippen LogP contribution in [0.4, 0.5) is 0 Å². The van der Waals surface area contributed by atoms with Crippen LogP contribution in [-0.2, 0) is 24.3 Å². The van der Waals surface area contributed by atoms with E-state index in [9.17, 15) is 48.7 Å². The van der Waals surface area contributed by atoms with Gasteiger partial charge in [0.2, 0.25) is 6.29 Å². The Morgan fingerprint density at radius 3 is 2.00 bits per heavy atom. The van der Waals surface area contributed by atoms with E-state index < -0.39 is 90.0 Å². The predicted octanol–water partition coefficient (Wildman–Crippen LogP) is -4.39. The summed E-state index contributed by atoms with van der Waals surface area (Å²) in [7, 11) is -3.74. The SMILES string of the molecule is COc1ccc(O[C@@H]2O[C@H](CO)[C@@H](O[C@@H]3O[C@H](CO)[C@H](O)[C@](O)(CS(=O)(=O)[O-])[C@H]3O)[C@H](O)[C@H]2O)cc1. The van der Waals surface area contributed by atoms with Gasteiger partial charge in [0.05, 0.1) is 36.2 Å². The van der Waals surface area contributed by atoms with Crippen LogP contribution in [0.15, 0.2) is 24.3 Å². The number of hydrogen-bond donors (Lipinski definition) is 7. The molecule has 15 nitrogen and oxygen atoms in total. The van der Waals surface area contributed by atoms with Gasteiger partial charge in [-0.2, -0.15) is 0 Å². The molecular weight excluding hydrogens is 512 g/mol. The van der Waals surface area contributed by atoms with E-state index in [-0.39, 0.29) is 5.75 Å². The zero-order valence-electron chi connectivity index (χ0n) is 18.9. The summed E-state index contributed by atoms with van der Waals surface area (Å²) in [5, 5.41) is 71.9. The Labute approximate surface area is 205 Å². The zero-order chi connectivity index (χ0) is 26.8. The average Bonchev–Trinajstić information content (AvgIpc) is 2.83. The number of aliphatic hydroxyl groups excluding tert-OH is 6. The van der Waals surface area contributed by atoms with Crippen molar-refractivity contribution in [3.63, 3.8) is 0 Å². The Hall–Kier alpha value is -1.67. The number of methoxy groups -OCH3 is 1. The summed E-state index contributed by atoms with van der Waals surface area (Å²) in [5.41, 5.74) is -3.02. The first-order valence-electron chi connectivity index (χ1n) is 10.7. The van der Waals surface area contributed by atoms with E-state index in [1.54, 1.807) is 12.1 Å². The van der Waals surface area contributed by atoms with Crippen molar-refractivity contribution >= 4 is 10.1 Å². The summed E-state index contributed by atoms with van der Waals surface area (Å²) >= 11 is 0. The van der Waals surface area contributed by atoms with E-state index in [2.05, 4.69) is 0 Å². The highest BCUT2D eigenvalue weighted by Gasteiger charge is 2.58. The minimum atomic E-state index is -5.20. The van der Waals surface area contributed by atoms with Gasteiger partial charge in [0, 0.05) is 0 Å². The molecule has 206 valence electrons. The molecule has 0 bridgehead atoms. The highest BCUT2D eigenvalue weighted by molar-refractivity contribution is 7.85. The minimum Gasteiger partial charge on any atom is -0.748 e. The topological polar surface area (TPSA) is 245 Å². The molecule has 0 saturated carbocycles. The summed E-state index contributed by atoms with van der Waals surface area (Å²) in [4.78, 5) is 0. The van der Waals surface area contributed by atoms with Gasteiger partial charge in [-0.15, -0.1) is 0 Å². The van der Waals surface area contributed by atoms with Gasteiger partial charge in [0.25, 0.3) is 0 Å². The van der Waals surface area contributed by atoms with Gasteiger partial charge in [0.1, 0.15) is 59.8 Å². The van der Waals surface area contributed by atoms with Crippen LogP contribution in [0.1, 0.15) is 0 Å². The molecule has 1 aromatic rings. The van der Waals surface area contributed by atoms with Gasteiger partial charge < -0.3 is 64.0 Å². The van der Waals surface area contributed by atoms with Gasteiger partial charge in [-0.1, -0.05) is 0 Å². The molecule has 2 saturated heterocycles. The van der Waals surface area contributed by atoms with E-state index in [1.165, 1.54) is 19.2 Å². The molecule has 2 aliphatic rings. The van der Waals surface area contributed by atoms with Crippen LogP contribution in [0, 0.1) is 0 Å². The Morgan fingerprint density at radius 2 is 1.47 bits per heavy atom. The van der Waals surface area contributed by atoms with Crippen LogP contribution < -0.4 is 9.47 Å². The molecule has 0 radical (unpaired) electrons. The predicted molar refractivity (Wildman–Crippen MR) is 114 cm³/mol. The second-order valence-corrected chi connectivity index (χ2v) is 9.81. The molecule has 2 aliphatic heterocycles. The van der Waals surface area contributed by atoms with Crippen LogP contribution in [-0.4, -0.2) is 136 Å². The van der Waals surface area contributed by atoms with Crippen LogP contribution in [0.25, 0.3) is 0 Å². The second-order valence-electron chi connectivity index (χ2n) is 8.41. The highest BCUT2D eigenvalue weighted by Crippen LogP contribution is 2.35. The number of rotatable bonds is 9. The van der Waals surface area contributed by atoms with Gasteiger partial charge in [-0.3, -0.25) is 0 Å². The maximum atomic E-state index is 11.3. The normalized spacial score (nSPS) is 39.5. The lowest BCUT2D eigenvalue weighted by Crippen LogP contribution is -2.71. The quantitative estimate of drug-likeness (QED) is 0.146. The first kappa shape index (κ1) is 28.9. The second kappa shape index (κ2) is 11.4. The molecule has 16 heteroatoms. The highest BCUT2D eigenvalue weighted by atomic mass is 32.2. The summed E-state index contributed by atoms with van der Waals surface area (Å²) in [6.07, 6.45) is -16.5. The summed E-state index contributed by atoms with van der Waals surface area (Å²) < 4.78 is 60.5. The van der Waals surface area contributed by atoms with Crippen molar-refractivity contribution in [3.8, 4) is 11.5 Å². The molecule has 0 aliphatic carbocycles. The molecule has 3 rings (SSSR count). The molecule has 0 unspecified atom stereocenters. The van der Waals surface area contributed by atoms with Crippen molar-refractivity contribution in [1.29, 1.82) is 0 Å². The zero-order valence-corrected chi connectivity index (χ0v) is 19.7. The van der Waals surface area contributed by atoms with E-state index in [0.717, 1.165) is 0 Å². The van der Waals surface area contributed by atoms with E-state index in [0.29, 0.717) is 5.75 Å². The number of aliphatic hydroxyl groups is 7. The molecule has 7 N–H and O–H groups in total. The molecule has 1 aromatic carbocycles. The van der Waals surface area contributed by atoms with Crippen LogP contribution in [0.2, 0.25) is 0 Å². The maximum absolute atomic E-state index is 11.3. The average molecular weight is 542 g/mol. The maximum Gasteiger partial charge on any atom is 0.229 e. The fourth-order valence-corrected chi connectivity index (χ4v) is 4.93. The standard InChI is InChI=1S/C20H30O15S/c1-31-9-2-4-10(5-3-9)32-18-14(24)13(23)15(11(6-21)33-18)35-19-17(26)20(27,8-36(28,29)30)16(25)12(7-22)34-19/h2-5,11-19,21-27H,6-8H2,1H3,(H,28,29,30)/p-1/t11-,12-,13-,14-,15-,16+,17+,18-,19+,20-/m1/s1. The Balaban J connectivity index is 1.79. The summed E-state index contributed by atoms with van der Waals surface area (Å²) in [5.74, 6) is -0.913. The first-order valence-corrected chi connectivity index (χ1v) is 12.3. The number of hydrogen-bond acceptors (Lipinski definition) is 15. The van der Waals surface area contributed by atoms with E-state index in [4.69, 9.17) is 23.7 Å².